The van der Waals surface area contributed by atoms with Crippen molar-refractivity contribution in [2.45, 2.75) is 5.41 Å². The van der Waals surface area contributed by atoms with E-state index in [1.807, 2.05) is 48.5 Å². The van der Waals surface area contributed by atoms with Gasteiger partial charge in [-0.1, -0.05) is 72.8 Å². The first-order valence-electron chi connectivity index (χ1n) is 17.4. The number of nitrogens with one attached hydrogen (secondary N) is 2. The van der Waals surface area contributed by atoms with Crippen molar-refractivity contribution in [3.63, 3.8) is 0 Å². The average Bonchev–Trinajstić information content (AvgIpc) is 3.53. The summed E-state index contributed by atoms with van der Waals surface area (Å²) in [5.74, 6) is 1.68. The van der Waals surface area contributed by atoms with Crippen molar-refractivity contribution in [3.8, 4) is 45.6 Å². The van der Waals surface area contributed by atoms with Crippen molar-refractivity contribution in [1.82, 2.24) is 0 Å². The number of hydrogen-bond acceptors (Lipinski definition) is 8. The second-order valence-electron chi connectivity index (χ2n) is 12.7. The number of amides is 2. The summed E-state index contributed by atoms with van der Waals surface area (Å²) in [5.41, 5.74) is 7.76. The Morgan fingerprint density at radius 1 is 0.436 bits per heavy atom. The number of benzene rings is 6. The van der Waals surface area contributed by atoms with Crippen LogP contribution in [0, 0.1) is 0 Å². The van der Waals surface area contributed by atoms with Crippen LogP contribution in [0.5, 0.6) is 34.5 Å². The van der Waals surface area contributed by atoms with Crippen LogP contribution in [0.15, 0.2) is 121 Å². The minimum Gasteiger partial charge on any atom is -0.493 e. The summed E-state index contributed by atoms with van der Waals surface area (Å²) in [7, 11) is 9.06. The maximum atomic E-state index is 13.5. The zero-order valence-corrected chi connectivity index (χ0v) is 31.3. The van der Waals surface area contributed by atoms with Crippen LogP contribution in [0.1, 0.15) is 43.0 Å². The smallest absolute Gasteiger partial charge is 0.255 e. The monoisotopic (exact) mass is 736 g/mol. The highest BCUT2D eigenvalue weighted by atomic mass is 16.5. The van der Waals surface area contributed by atoms with E-state index < -0.39 is 5.41 Å². The topological polar surface area (TPSA) is 114 Å². The van der Waals surface area contributed by atoms with Crippen molar-refractivity contribution in [2.75, 3.05) is 53.3 Å². The van der Waals surface area contributed by atoms with Gasteiger partial charge in [0.2, 0.25) is 11.5 Å². The number of fused-ring (bicyclic) bond motifs is 3. The Hall–Kier alpha value is -6.94. The molecular weight excluding hydrogens is 697 g/mol. The molecule has 0 saturated heterocycles. The van der Waals surface area contributed by atoms with Crippen molar-refractivity contribution in [1.29, 1.82) is 0 Å². The summed E-state index contributed by atoms with van der Waals surface area (Å²) in [5, 5.41) is 6.03. The quantitative estimate of drug-likeness (QED) is 0.128. The molecule has 0 radical (unpaired) electrons. The predicted octanol–water partition coefficient (Wildman–Crippen LogP) is 8.61. The van der Waals surface area contributed by atoms with Crippen LogP contribution in [0.25, 0.3) is 11.1 Å². The van der Waals surface area contributed by atoms with Gasteiger partial charge in [-0.2, -0.15) is 0 Å². The number of carbonyl (C=O) groups is 2. The molecule has 55 heavy (non-hydrogen) atoms. The summed E-state index contributed by atoms with van der Waals surface area (Å²) in [6.07, 6.45) is 0. The molecule has 0 heterocycles. The summed E-state index contributed by atoms with van der Waals surface area (Å²) >= 11 is 0. The molecule has 2 N–H and O–H groups in total. The largest absolute Gasteiger partial charge is 0.493 e. The Bertz CT molecular complexity index is 2170. The fourth-order valence-electron chi connectivity index (χ4n) is 7.46. The zero-order valence-electron chi connectivity index (χ0n) is 31.3. The highest BCUT2D eigenvalue weighted by molar-refractivity contribution is 6.06. The standard InChI is InChI=1S/C45H40N2O8/c1-50-37-23-27(24-38(51-2)41(37)54-5)43(48)46-31-19-15-29(16-20-31)45(35-13-9-7-11-33(35)34-12-8-10-14-36(34)45)30-17-21-32(22-18-30)47-44(49)28-25-39(52-3)42(55-6)40(26-28)53-4/h7-26H,1-6H3,(H,46,48)(H,47,49). The summed E-state index contributed by atoms with van der Waals surface area (Å²) in [6, 6.07) is 39.1. The van der Waals surface area contributed by atoms with Gasteiger partial charge in [-0.15, -0.1) is 0 Å². The summed E-state index contributed by atoms with van der Waals surface area (Å²) in [4.78, 5) is 27.0. The molecule has 1 aliphatic carbocycles. The molecule has 6 aromatic rings. The minimum absolute atomic E-state index is 0.331. The van der Waals surface area contributed by atoms with E-state index in [1.54, 1.807) is 24.3 Å². The van der Waals surface area contributed by atoms with Gasteiger partial charge in [0.15, 0.2) is 23.0 Å². The predicted molar refractivity (Wildman–Crippen MR) is 212 cm³/mol. The van der Waals surface area contributed by atoms with Gasteiger partial charge in [0, 0.05) is 22.5 Å². The first kappa shape index (κ1) is 36.4. The summed E-state index contributed by atoms with van der Waals surface area (Å²) < 4.78 is 32.7. The molecule has 2 amide bonds. The van der Waals surface area contributed by atoms with E-state index in [2.05, 4.69) is 59.2 Å². The molecule has 10 nitrogen and oxygen atoms in total. The molecule has 7 rings (SSSR count). The summed E-state index contributed by atoms with van der Waals surface area (Å²) in [6.45, 7) is 0. The number of ether oxygens (including phenoxy) is 6. The lowest BCUT2D eigenvalue weighted by atomic mass is 9.67. The van der Waals surface area contributed by atoms with E-state index in [-0.39, 0.29) is 11.8 Å². The van der Waals surface area contributed by atoms with Crippen LogP contribution in [0.2, 0.25) is 0 Å². The second kappa shape index (κ2) is 15.2. The Labute approximate surface area is 319 Å². The third kappa shape index (κ3) is 6.31. The van der Waals surface area contributed by atoms with Gasteiger partial charge in [0.1, 0.15) is 0 Å². The van der Waals surface area contributed by atoms with Crippen molar-refractivity contribution >= 4 is 23.2 Å². The molecule has 0 bridgehead atoms. The van der Waals surface area contributed by atoms with Crippen LogP contribution >= 0.6 is 0 Å². The molecule has 6 aromatic carbocycles. The Balaban J connectivity index is 1.25. The van der Waals surface area contributed by atoms with E-state index in [0.29, 0.717) is 57.0 Å². The molecule has 0 aromatic heterocycles. The van der Waals surface area contributed by atoms with E-state index in [9.17, 15) is 9.59 Å². The third-order valence-electron chi connectivity index (χ3n) is 9.96. The van der Waals surface area contributed by atoms with Gasteiger partial charge >= 0.3 is 0 Å². The van der Waals surface area contributed by atoms with E-state index in [1.165, 1.54) is 42.7 Å². The first-order valence-corrected chi connectivity index (χ1v) is 17.4. The third-order valence-corrected chi connectivity index (χ3v) is 9.96. The molecule has 1 aliphatic rings. The fraction of sp³-hybridized carbons (Fsp3) is 0.156. The molecule has 10 heteroatoms. The molecule has 0 unspecified atom stereocenters. The van der Waals surface area contributed by atoms with Crippen molar-refractivity contribution in [3.05, 3.63) is 155 Å². The average molecular weight is 737 g/mol. The minimum atomic E-state index is -0.703. The van der Waals surface area contributed by atoms with Crippen LogP contribution < -0.4 is 39.1 Å². The fourth-order valence-corrected chi connectivity index (χ4v) is 7.46. The van der Waals surface area contributed by atoms with E-state index >= 15 is 0 Å². The van der Waals surface area contributed by atoms with E-state index in [0.717, 1.165) is 33.4 Å². The molecule has 0 saturated carbocycles. The highest BCUT2D eigenvalue weighted by Crippen LogP contribution is 2.56. The zero-order chi connectivity index (χ0) is 38.7. The number of anilines is 2. The first-order chi connectivity index (χ1) is 26.8. The van der Waals surface area contributed by atoms with Gasteiger partial charge in [0.25, 0.3) is 11.8 Å². The van der Waals surface area contributed by atoms with Crippen LogP contribution in [0.4, 0.5) is 11.4 Å². The SMILES string of the molecule is COc1cc(C(=O)Nc2ccc(C3(c4ccc(NC(=O)c5cc(OC)c(OC)c(OC)c5)cc4)c4ccccc4-c4ccccc43)cc2)cc(OC)c1OC. The number of hydrogen-bond donors (Lipinski definition) is 2. The van der Waals surface area contributed by atoms with Crippen molar-refractivity contribution in [2.24, 2.45) is 0 Å². The second-order valence-corrected chi connectivity index (χ2v) is 12.7. The number of methoxy groups -OCH3 is 6. The molecular formula is C45H40N2O8. The molecule has 0 atom stereocenters. The lowest BCUT2D eigenvalue weighted by molar-refractivity contribution is 0.101. The number of carbonyl (C=O) groups excluding carboxylic acids is 2. The Morgan fingerprint density at radius 3 is 1.07 bits per heavy atom. The highest BCUT2D eigenvalue weighted by Gasteiger charge is 2.45. The lowest BCUT2D eigenvalue weighted by Crippen LogP contribution is -2.28. The Morgan fingerprint density at radius 2 is 0.764 bits per heavy atom. The van der Waals surface area contributed by atoms with Gasteiger partial charge in [-0.25, -0.2) is 0 Å². The van der Waals surface area contributed by atoms with Crippen LogP contribution in [-0.4, -0.2) is 54.5 Å². The van der Waals surface area contributed by atoms with Gasteiger partial charge in [-0.05, 0) is 81.9 Å². The van der Waals surface area contributed by atoms with Crippen LogP contribution in [-0.2, 0) is 5.41 Å². The maximum Gasteiger partial charge on any atom is 0.255 e. The molecule has 0 fully saturated rings. The van der Waals surface area contributed by atoms with Crippen LogP contribution in [0.3, 0.4) is 0 Å². The molecule has 0 spiro atoms. The molecule has 0 aliphatic heterocycles. The van der Waals surface area contributed by atoms with Gasteiger partial charge in [-0.3, -0.25) is 9.59 Å². The molecule has 278 valence electrons. The number of rotatable bonds is 12. The normalized spacial score (nSPS) is 12.1. The van der Waals surface area contributed by atoms with Gasteiger partial charge in [0.05, 0.1) is 48.1 Å². The maximum absolute atomic E-state index is 13.5. The van der Waals surface area contributed by atoms with Crippen molar-refractivity contribution < 1.29 is 38.0 Å². The lowest BCUT2D eigenvalue weighted by Gasteiger charge is -2.34. The van der Waals surface area contributed by atoms with E-state index in [4.69, 9.17) is 28.4 Å². The van der Waals surface area contributed by atoms with Gasteiger partial charge < -0.3 is 39.1 Å². The Kier molecular flexibility index (Phi) is 10.1.